The highest BCUT2D eigenvalue weighted by Crippen LogP contribution is 2.26. The van der Waals surface area contributed by atoms with E-state index in [1.54, 1.807) is 29.4 Å². The van der Waals surface area contributed by atoms with Gasteiger partial charge in [-0.25, -0.2) is 0 Å². The van der Waals surface area contributed by atoms with Gasteiger partial charge in [-0.05, 0) is 37.6 Å². The molecule has 20 heavy (non-hydrogen) atoms. The molecule has 108 valence electrons. The summed E-state index contributed by atoms with van der Waals surface area (Å²) in [6, 6.07) is 5.49. The van der Waals surface area contributed by atoms with E-state index in [-0.39, 0.29) is 5.75 Å². The van der Waals surface area contributed by atoms with Crippen molar-refractivity contribution in [3.8, 4) is 11.5 Å². The van der Waals surface area contributed by atoms with Gasteiger partial charge in [0.15, 0.2) is 11.5 Å². The molecule has 2 N–H and O–H groups in total. The molecule has 1 aliphatic heterocycles. The molecule has 0 saturated carbocycles. The van der Waals surface area contributed by atoms with Gasteiger partial charge in [0.1, 0.15) is 6.67 Å². The van der Waals surface area contributed by atoms with Crippen molar-refractivity contribution < 1.29 is 14.6 Å². The summed E-state index contributed by atoms with van der Waals surface area (Å²) in [5.74, 6) is 0.554. The molecule has 0 saturated heterocycles. The normalized spacial score (nSPS) is 14.3. The van der Waals surface area contributed by atoms with E-state index in [1.165, 1.54) is 0 Å². The summed E-state index contributed by atoms with van der Waals surface area (Å²) in [6.07, 6.45) is 1.66. The Labute approximate surface area is 117 Å². The number of phenols is 1. The Bertz CT molecular complexity index is 516. The first-order chi connectivity index (χ1) is 9.74. The number of nitrogens with zero attached hydrogens (tertiary/aromatic N) is 3. The molecule has 1 aliphatic rings. The predicted molar refractivity (Wildman–Crippen MR) is 75.8 cm³/mol. The average molecular weight is 278 g/mol. The maximum Gasteiger partial charge on any atom is 0.331 e. The monoisotopic (exact) mass is 278 g/mol. The molecule has 0 bridgehead atoms. The van der Waals surface area contributed by atoms with Crippen LogP contribution in [-0.2, 0) is 4.74 Å². The van der Waals surface area contributed by atoms with Gasteiger partial charge in [-0.1, -0.05) is 0 Å². The molecule has 0 spiro atoms. The Hall–Kier alpha value is -2.44. The number of rotatable bonds is 5. The fraction of sp³-hybridized carbons (Fsp3) is 0.385. The van der Waals surface area contributed by atoms with E-state index in [2.05, 4.69) is 15.6 Å². The number of amidine groups is 1. The third kappa shape index (κ3) is 3.31. The Balaban J connectivity index is 2.07. The van der Waals surface area contributed by atoms with Crippen LogP contribution in [-0.4, -0.2) is 42.2 Å². The van der Waals surface area contributed by atoms with Gasteiger partial charge in [0.2, 0.25) is 0 Å². The van der Waals surface area contributed by atoms with Crippen molar-refractivity contribution in [2.24, 2.45) is 10.2 Å². The summed E-state index contributed by atoms with van der Waals surface area (Å²) >= 11 is 0. The average Bonchev–Trinajstić information content (AvgIpc) is 2.88. The predicted octanol–water partition coefficient (Wildman–Crippen LogP) is 1.29. The van der Waals surface area contributed by atoms with Crippen LogP contribution in [0, 0.1) is 0 Å². The van der Waals surface area contributed by atoms with Gasteiger partial charge < -0.3 is 14.6 Å². The Morgan fingerprint density at radius 2 is 2.20 bits per heavy atom. The van der Waals surface area contributed by atoms with Gasteiger partial charge in [-0.15, -0.1) is 5.10 Å². The number of nitrogens with one attached hydrogen (secondary N) is 1. The number of benzene rings is 1. The van der Waals surface area contributed by atoms with Crippen LogP contribution in [0.1, 0.15) is 19.4 Å². The van der Waals surface area contributed by atoms with E-state index in [9.17, 15) is 5.11 Å². The van der Waals surface area contributed by atoms with Gasteiger partial charge in [0.25, 0.3) is 0 Å². The van der Waals surface area contributed by atoms with Crippen molar-refractivity contribution in [1.82, 2.24) is 10.4 Å². The molecule has 1 aromatic carbocycles. The zero-order valence-electron chi connectivity index (χ0n) is 11.5. The van der Waals surface area contributed by atoms with Gasteiger partial charge in [-0.3, -0.25) is 5.43 Å². The molecule has 1 aromatic rings. The number of ether oxygens (including phenoxy) is 2. The largest absolute Gasteiger partial charge is 0.504 e. The fourth-order valence-corrected chi connectivity index (χ4v) is 1.64. The van der Waals surface area contributed by atoms with E-state index < -0.39 is 0 Å². The number of aromatic hydroxyl groups is 1. The zero-order chi connectivity index (χ0) is 14.4. The van der Waals surface area contributed by atoms with Crippen molar-refractivity contribution in [1.29, 1.82) is 0 Å². The fourth-order valence-electron chi connectivity index (χ4n) is 1.64. The van der Waals surface area contributed by atoms with Crippen molar-refractivity contribution >= 4 is 12.2 Å². The van der Waals surface area contributed by atoms with E-state index in [4.69, 9.17) is 9.47 Å². The minimum absolute atomic E-state index is 0.114. The molecule has 0 aliphatic carbocycles. The first-order valence-electron chi connectivity index (χ1n) is 6.45. The van der Waals surface area contributed by atoms with E-state index in [0.717, 1.165) is 5.56 Å². The lowest BCUT2D eigenvalue weighted by atomic mass is 10.2. The lowest BCUT2D eigenvalue weighted by Crippen LogP contribution is -2.26. The third-order valence-electron chi connectivity index (χ3n) is 2.52. The van der Waals surface area contributed by atoms with Crippen LogP contribution < -0.4 is 10.2 Å². The maximum absolute atomic E-state index is 9.63. The van der Waals surface area contributed by atoms with Gasteiger partial charge in [0, 0.05) is 0 Å². The zero-order valence-corrected chi connectivity index (χ0v) is 11.5. The van der Waals surface area contributed by atoms with Gasteiger partial charge >= 0.3 is 6.02 Å². The maximum atomic E-state index is 9.63. The minimum atomic E-state index is 0.114. The van der Waals surface area contributed by atoms with Crippen LogP contribution in [0.15, 0.2) is 28.4 Å². The van der Waals surface area contributed by atoms with Gasteiger partial charge in [-0.2, -0.15) is 10.1 Å². The smallest absolute Gasteiger partial charge is 0.331 e. The second kappa shape index (κ2) is 6.65. The molecule has 0 atom stereocenters. The van der Waals surface area contributed by atoms with Gasteiger partial charge in [0.05, 0.1) is 19.4 Å². The summed E-state index contributed by atoms with van der Waals surface area (Å²) < 4.78 is 10.6. The van der Waals surface area contributed by atoms with E-state index in [0.29, 0.717) is 31.7 Å². The van der Waals surface area contributed by atoms with Crippen molar-refractivity contribution in [2.75, 3.05) is 19.9 Å². The SMILES string of the molecule is CCOC1=NNCN1N=Cc1ccc(O)c(OCC)c1. The summed E-state index contributed by atoms with van der Waals surface area (Å²) in [6.45, 7) is 5.23. The lowest BCUT2D eigenvalue weighted by molar-refractivity contribution is 0.262. The topological polar surface area (TPSA) is 78.7 Å². The van der Waals surface area contributed by atoms with E-state index >= 15 is 0 Å². The first kappa shape index (κ1) is 14.0. The third-order valence-corrected chi connectivity index (χ3v) is 2.52. The van der Waals surface area contributed by atoms with Crippen LogP contribution in [0.4, 0.5) is 0 Å². The Morgan fingerprint density at radius 3 is 2.95 bits per heavy atom. The highest BCUT2D eigenvalue weighted by Gasteiger charge is 2.16. The molecule has 0 unspecified atom stereocenters. The minimum Gasteiger partial charge on any atom is -0.504 e. The quantitative estimate of drug-likeness (QED) is 0.794. The van der Waals surface area contributed by atoms with Crippen LogP contribution in [0.3, 0.4) is 0 Å². The standard InChI is InChI=1S/C13H18N4O3/c1-3-19-12-7-10(5-6-11(12)18)8-15-17-9-14-16-13(17)20-4-2/h5-8,14,18H,3-4,9H2,1-2H3. The van der Waals surface area contributed by atoms with Crippen molar-refractivity contribution in [3.63, 3.8) is 0 Å². The molecule has 0 aromatic heterocycles. The molecule has 2 rings (SSSR count). The Morgan fingerprint density at radius 1 is 1.40 bits per heavy atom. The molecule has 0 radical (unpaired) electrons. The van der Waals surface area contributed by atoms with Crippen LogP contribution in [0.25, 0.3) is 0 Å². The summed E-state index contributed by atoms with van der Waals surface area (Å²) in [5, 5.41) is 19.5. The molecule has 0 amide bonds. The summed E-state index contributed by atoms with van der Waals surface area (Å²) in [4.78, 5) is 0. The number of hydrogen-bond donors (Lipinski definition) is 2. The van der Waals surface area contributed by atoms with Crippen molar-refractivity contribution in [3.05, 3.63) is 23.8 Å². The molecular weight excluding hydrogens is 260 g/mol. The summed E-state index contributed by atoms with van der Waals surface area (Å²) in [7, 11) is 0. The first-order valence-corrected chi connectivity index (χ1v) is 6.45. The van der Waals surface area contributed by atoms with Crippen LogP contribution in [0.5, 0.6) is 11.5 Å². The highest BCUT2D eigenvalue weighted by molar-refractivity contribution is 5.83. The molecule has 0 fully saturated rings. The lowest BCUT2D eigenvalue weighted by Gasteiger charge is -2.12. The second-order valence-corrected chi connectivity index (χ2v) is 3.95. The number of hydrogen-bond acceptors (Lipinski definition) is 7. The Kier molecular flexibility index (Phi) is 4.65. The van der Waals surface area contributed by atoms with Crippen LogP contribution in [0.2, 0.25) is 0 Å². The van der Waals surface area contributed by atoms with E-state index in [1.807, 2.05) is 13.8 Å². The molecule has 7 nitrogen and oxygen atoms in total. The van der Waals surface area contributed by atoms with Crippen molar-refractivity contribution in [2.45, 2.75) is 13.8 Å². The number of phenolic OH excluding ortho intramolecular Hbond substituents is 1. The molecule has 1 heterocycles. The van der Waals surface area contributed by atoms with Crippen LogP contribution >= 0.6 is 0 Å². The summed E-state index contributed by atoms with van der Waals surface area (Å²) in [5.41, 5.74) is 3.61. The number of hydrazone groups is 2. The second-order valence-electron chi connectivity index (χ2n) is 3.95. The highest BCUT2D eigenvalue weighted by atomic mass is 16.5. The molecule has 7 heteroatoms. The molecular formula is C13H18N4O3.